The van der Waals surface area contributed by atoms with Crippen molar-refractivity contribution in [2.75, 3.05) is 6.54 Å². The van der Waals surface area contributed by atoms with Crippen molar-refractivity contribution < 1.29 is 4.79 Å². The third-order valence-electron chi connectivity index (χ3n) is 2.54. The Morgan fingerprint density at radius 3 is 2.94 bits per heavy atom. The van der Waals surface area contributed by atoms with Crippen LogP contribution in [0.25, 0.3) is 0 Å². The molecule has 16 heavy (non-hydrogen) atoms. The number of amides is 1. The number of rotatable bonds is 6. The Morgan fingerprint density at radius 2 is 2.31 bits per heavy atom. The van der Waals surface area contributed by atoms with Gasteiger partial charge >= 0.3 is 0 Å². The molecule has 0 aromatic carbocycles. The number of carbonyl (C=O) groups is 1. The van der Waals surface area contributed by atoms with Gasteiger partial charge in [-0.05, 0) is 24.5 Å². The summed E-state index contributed by atoms with van der Waals surface area (Å²) >= 11 is 0. The Bertz CT molecular complexity index is 333. The van der Waals surface area contributed by atoms with Gasteiger partial charge in [-0.25, -0.2) is 0 Å². The van der Waals surface area contributed by atoms with Gasteiger partial charge in [-0.2, -0.15) is 0 Å². The number of nitrogens with one attached hydrogen (secondary N) is 1. The fraction of sp³-hybridized carbons (Fsp3) is 0.583. The van der Waals surface area contributed by atoms with Gasteiger partial charge in [0.05, 0.1) is 0 Å². The van der Waals surface area contributed by atoms with E-state index in [9.17, 15) is 4.79 Å². The number of hydrogen-bond acceptors (Lipinski definition) is 2. The van der Waals surface area contributed by atoms with Crippen molar-refractivity contribution in [3.8, 4) is 0 Å². The van der Waals surface area contributed by atoms with Gasteiger partial charge in [-0.3, -0.25) is 4.79 Å². The lowest BCUT2D eigenvalue weighted by atomic mass is 10.1. The molecular formula is C12H21N3O. The second kappa shape index (κ2) is 6.33. The van der Waals surface area contributed by atoms with Crippen LogP contribution in [0.15, 0.2) is 18.5 Å². The minimum atomic E-state index is 0.0501. The van der Waals surface area contributed by atoms with E-state index in [4.69, 9.17) is 5.73 Å². The largest absolute Gasteiger partial charge is 0.355 e. The Hall–Kier alpha value is -1.29. The lowest BCUT2D eigenvalue weighted by Crippen LogP contribution is -2.27. The highest BCUT2D eigenvalue weighted by Crippen LogP contribution is 2.13. The Morgan fingerprint density at radius 1 is 1.56 bits per heavy atom. The number of carbonyl (C=O) groups excluding carboxylic acids is 1. The van der Waals surface area contributed by atoms with E-state index < -0.39 is 0 Å². The van der Waals surface area contributed by atoms with Crippen molar-refractivity contribution in [2.24, 2.45) is 5.73 Å². The highest BCUT2D eigenvalue weighted by atomic mass is 16.1. The van der Waals surface area contributed by atoms with Gasteiger partial charge in [0.1, 0.15) is 6.54 Å². The predicted octanol–water partition coefficient (Wildman–Crippen LogP) is 1.42. The maximum absolute atomic E-state index is 11.5. The quantitative estimate of drug-likeness (QED) is 0.766. The summed E-state index contributed by atoms with van der Waals surface area (Å²) in [7, 11) is 0. The Balaban J connectivity index is 2.48. The normalized spacial score (nSPS) is 12.4. The van der Waals surface area contributed by atoms with Gasteiger partial charge < -0.3 is 15.6 Å². The van der Waals surface area contributed by atoms with E-state index in [-0.39, 0.29) is 11.9 Å². The smallest absolute Gasteiger partial charge is 0.239 e. The molecular weight excluding hydrogens is 202 g/mol. The minimum absolute atomic E-state index is 0.0501. The summed E-state index contributed by atoms with van der Waals surface area (Å²) < 4.78 is 1.87. The maximum atomic E-state index is 11.5. The van der Waals surface area contributed by atoms with Crippen LogP contribution < -0.4 is 11.1 Å². The minimum Gasteiger partial charge on any atom is -0.355 e. The van der Waals surface area contributed by atoms with Gasteiger partial charge in [0.2, 0.25) is 5.91 Å². The van der Waals surface area contributed by atoms with Crippen LogP contribution in [0.5, 0.6) is 0 Å². The van der Waals surface area contributed by atoms with Gasteiger partial charge in [-0.15, -0.1) is 0 Å². The summed E-state index contributed by atoms with van der Waals surface area (Å²) in [6.07, 6.45) is 5.71. The highest BCUT2D eigenvalue weighted by Gasteiger charge is 2.06. The van der Waals surface area contributed by atoms with Crippen LogP contribution in [0.3, 0.4) is 0 Å². The van der Waals surface area contributed by atoms with Crippen LogP contribution in [-0.4, -0.2) is 17.0 Å². The summed E-state index contributed by atoms with van der Waals surface area (Å²) in [5.74, 6) is 0.0501. The van der Waals surface area contributed by atoms with Gasteiger partial charge in [-0.1, -0.05) is 13.8 Å². The molecule has 4 nitrogen and oxygen atoms in total. The molecule has 1 amide bonds. The van der Waals surface area contributed by atoms with E-state index in [0.29, 0.717) is 6.54 Å². The van der Waals surface area contributed by atoms with Crippen molar-refractivity contribution in [3.63, 3.8) is 0 Å². The zero-order chi connectivity index (χ0) is 12.0. The highest BCUT2D eigenvalue weighted by molar-refractivity contribution is 5.75. The molecule has 1 atom stereocenters. The second-order valence-corrected chi connectivity index (χ2v) is 3.98. The molecule has 0 radical (unpaired) electrons. The SMILES string of the molecule is CCCNC(=O)Cn1ccc(C(N)CC)c1. The van der Waals surface area contributed by atoms with Gasteiger partial charge in [0.15, 0.2) is 0 Å². The summed E-state index contributed by atoms with van der Waals surface area (Å²) in [5, 5.41) is 2.84. The summed E-state index contributed by atoms with van der Waals surface area (Å²) in [5.41, 5.74) is 6.99. The topological polar surface area (TPSA) is 60.0 Å². The van der Waals surface area contributed by atoms with Gasteiger partial charge in [0, 0.05) is 25.0 Å². The van der Waals surface area contributed by atoms with Crippen LogP contribution in [0.4, 0.5) is 0 Å². The molecule has 1 rings (SSSR count). The molecule has 4 heteroatoms. The first-order valence-electron chi connectivity index (χ1n) is 5.85. The van der Waals surface area contributed by atoms with Crippen molar-refractivity contribution in [3.05, 3.63) is 24.0 Å². The lowest BCUT2D eigenvalue weighted by molar-refractivity contribution is -0.121. The number of nitrogens with two attached hydrogens (primary N) is 1. The molecule has 1 aromatic rings. The zero-order valence-electron chi connectivity index (χ0n) is 10.1. The molecule has 3 N–H and O–H groups in total. The standard InChI is InChI=1S/C12H21N3O/c1-3-6-14-12(16)9-15-7-5-10(8-15)11(13)4-2/h5,7-8,11H,3-4,6,9,13H2,1-2H3,(H,14,16). The van der Waals surface area contributed by atoms with Crippen LogP contribution in [0.2, 0.25) is 0 Å². The first kappa shape index (κ1) is 12.8. The van der Waals surface area contributed by atoms with Crippen molar-refractivity contribution in [1.82, 2.24) is 9.88 Å². The van der Waals surface area contributed by atoms with Crippen LogP contribution in [0.1, 0.15) is 38.3 Å². The van der Waals surface area contributed by atoms with E-state index in [1.54, 1.807) is 0 Å². The molecule has 0 spiro atoms. The predicted molar refractivity (Wildman–Crippen MR) is 65.0 cm³/mol. The van der Waals surface area contributed by atoms with Crippen LogP contribution >= 0.6 is 0 Å². The molecule has 0 saturated heterocycles. The van der Waals surface area contributed by atoms with Crippen molar-refractivity contribution >= 4 is 5.91 Å². The second-order valence-electron chi connectivity index (χ2n) is 3.98. The zero-order valence-corrected chi connectivity index (χ0v) is 10.1. The third kappa shape index (κ3) is 3.70. The van der Waals surface area contributed by atoms with Gasteiger partial charge in [0.25, 0.3) is 0 Å². The van der Waals surface area contributed by atoms with Crippen molar-refractivity contribution in [2.45, 2.75) is 39.3 Å². The number of hydrogen-bond donors (Lipinski definition) is 2. The third-order valence-corrected chi connectivity index (χ3v) is 2.54. The van der Waals surface area contributed by atoms with Crippen LogP contribution in [0, 0.1) is 0 Å². The lowest BCUT2D eigenvalue weighted by Gasteiger charge is -2.06. The monoisotopic (exact) mass is 223 g/mol. The average molecular weight is 223 g/mol. The summed E-state index contributed by atoms with van der Waals surface area (Å²) in [6, 6.07) is 2.04. The first-order chi connectivity index (χ1) is 7.67. The molecule has 1 unspecified atom stereocenters. The average Bonchev–Trinajstić information content (AvgIpc) is 2.73. The molecule has 1 aromatic heterocycles. The molecule has 1 heterocycles. The molecule has 0 fully saturated rings. The molecule has 0 aliphatic carbocycles. The Kier molecular flexibility index (Phi) is 5.05. The Labute approximate surface area is 96.8 Å². The van der Waals surface area contributed by atoms with Crippen LogP contribution in [-0.2, 0) is 11.3 Å². The fourth-order valence-electron chi connectivity index (χ4n) is 1.50. The van der Waals surface area contributed by atoms with E-state index >= 15 is 0 Å². The molecule has 0 saturated carbocycles. The molecule has 0 bridgehead atoms. The van der Waals surface area contributed by atoms with E-state index in [2.05, 4.69) is 12.2 Å². The van der Waals surface area contributed by atoms with E-state index in [0.717, 1.165) is 24.9 Å². The van der Waals surface area contributed by atoms with E-state index in [1.807, 2.05) is 30.0 Å². The molecule has 90 valence electrons. The molecule has 0 aliphatic rings. The maximum Gasteiger partial charge on any atom is 0.239 e. The first-order valence-corrected chi connectivity index (χ1v) is 5.85. The van der Waals surface area contributed by atoms with Crippen molar-refractivity contribution in [1.29, 1.82) is 0 Å². The van der Waals surface area contributed by atoms with E-state index in [1.165, 1.54) is 0 Å². The molecule has 0 aliphatic heterocycles. The summed E-state index contributed by atoms with van der Waals surface area (Å²) in [6.45, 7) is 5.20. The summed E-state index contributed by atoms with van der Waals surface area (Å²) in [4.78, 5) is 11.5. The number of nitrogens with zero attached hydrogens (tertiary/aromatic N) is 1. The number of aromatic nitrogens is 1. The fourth-order valence-corrected chi connectivity index (χ4v) is 1.50.